The number of piperazine rings is 1. The first kappa shape index (κ1) is 15.8. The fourth-order valence-corrected chi connectivity index (χ4v) is 2.84. The maximum Gasteiger partial charge on any atom is 0.238 e. The highest BCUT2D eigenvalue weighted by Crippen LogP contribution is 2.15. The van der Waals surface area contributed by atoms with Crippen molar-refractivity contribution in [2.24, 2.45) is 0 Å². The van der Waals surface area contributed by atoms with Crippen LogP contribution in [0.4, 0.5) is 11.5 Å². The van der Waals surface area contributed by atoms with E-state index in [-0.39, 0.29) is 5.91 Å². The van der Waals surface area contributed by atoms with Crippen molar-refractivity contribution in [1.82, 2.24) is 9.88 Å². The molecule has 1 aliphatic rings. The van der Waals surface area contributed by atoms with Gasteiger partial charge in [0.25, 0.3) is 0 Å². The standard InChI is InChI=1S/C17H19ClN4O/c18-14-4-3-5-15(12-14)20-17(23)13-21-8-10-22(11-9-21)16-6-1-2-7-19-16/h1-7,12H,8-11,13H2,(H,20,23). The molecule has 0 atom stereocenters. The van der Waals surface area contributed by atoms with Gasteiger partial charge in [0.05, 0.1) is 6.54 Å². The Labute approximate surface area is 140 Å². The normalized spacial score (nSPS) is 15.4. The Morgan fingerprint density at radius 3 is 2.65 bits per heavy atom. The first-order valence-electron chi connectivity index (χ1n) is 7.64. The second kappa shape index (κ2) is 7.44. The van der Waals surface area contributed by atoms with Crippen molar-refractivity contribution in [1.29, 1.82) is 0 Å². The van der Waals surface area contributed by atoms with Crippen molar-refractivity contribution in [3.05, 3.63) is 53.7 Å². The van der Waals surface area contributed by atoms with E-state index in [0.29, 0.717) is 11.6 Å². The third kappa shape index (κ3) is 4.43. The molecule has 120 valence electrons. The Morgan fingerprint density at radius 1 is 1.13 bits per heavy atom. The second-order valence-electron chi connectivity index (χ2n) is 5.51. The molecule has 1 amide bonds. The summed E-state index contributed by atoms with van der Waals surface area (Å²) in [7, 11) is 0. The minimum Gasteiger partial charge on any atom is -0.354 e. The van der Waals surface area contributed by atoms with E-state index in [0.717, 1.165) is 37.7 Å². The molecule has 0 spiro atoms. The van der Waals surface area contributed by atoms with E-state index in [2.05, 4.69) is 20.1 Å². The molecule has 2 aromatic rings. The molecule has 6 heteroatoms. The molecule has 1 saturated heterocycles. The number of aromatic nitrogens is 1. The topological polar surface area (TPSA) is 48.5 Å². The minimum atomic E-state index is -0.0152. The van der Waals surface area contributed by atoms with Crippen LogP contribution in [0.15, 0.2) is 48.7 Å². The molecule has 2 heterocycles. The highest BCUT2D eigenvalue weighted by molar-refractivity contribution is 6.30. The number of amides is 1. The van der Waals surface area contributed by atoms with Crippen LogP contribution in [0.2, 0.25) is 5.02 Å². The molecule has 0 aliphatic carbocycles. The van der Waals surface area contributed by atoms with Crippen LogP contribution in [-0.4, -0.2) is 48.5 Å². The smallest absolute Gasteiger partial charge is 0.238 e. The van der Waals surface area contributed by atoms with Gasteiger partial charge in [-0.1, -0.05) is 23.7 Å². The monoisotopic (exact) mass is 330 g/mol. The fourth-order valence-electron chi connectivity index (χ4n) is 2.65. The third-order valence-electron chi connectivity index (χ3n) is 3.82. The maximum absolute atomic E-state index is 12.1. The van der Waals surface area contributed by atoms with Gasteiger partial charge in [0.1, 0.15) is 5.82 Å². The van der Waals surface area contributed by atoms with Crippen LogP contribution in [0.1, 0.15) is 0 Å². The molecule has 1 aromatic heterocycles. The summed E-state index contributed by atoms with van der Waals surface area (Å²) < 4.78 is 0. The molecule has 3 rings (SSSR count). The number of hydrogen-bond acceptors (Lipinski definition) is 4. The molecule has 5 nitrogen and oxygen atoms in total. The van der Waals surface area contributed by atoms with E-state index in [1.165, 1.54) is 0 Å². The molecular weight excluding hydrogens is 312 g/mol. The van der Waals surface area contributed by atoms with E-state index in [9.17, 15) is 4.79 Å². The van der Waals surface area contributed by atoms with Crippen molar-refractivity contribution in [3.63, 3.8) is 0 Å². The van der Waals surface area contributed by atoms with E-state index in [1.807, 2.05) is 30.3 Å². The predicted molar refractivity (Wildman–Crippen MR) is 93.0 cm³/mol. The summed E-state index contributed by atoms with van der Waals surface area (Å²) in [5.74, 6) is 0.981. The lowest BCUT2D eigenvalue weighted by Crippen LogP contribution is -2.48. The van der Waals surface area contributed by atoms with Crippen LogP contribution in [-0.2, 0) is 4.79 Å². The zero-order valence-corrected chi connectivity index (χ0v) is 13.5. The Hall–Kier alpha value is -2.11. The van der Waals surface area contributed by atoms with Crippen LogP contribution in [0.25, 0.3) is 0 Å². The molecule has 1 N–H and O–H groups in total. The summed E-state index contributed by atoms with van der Waals surface area (Å²) in [6.45, 7) is 3.84. The molecule has 0 bridgehead atoms. The zero-order valence-electron chi connectivity index (χ0n) is 12.8. The molecule has 1 aliphatic heterocycles. The van der Waals surface area contributed by atoms with Crippen LogP contribution >= 0.6 is 11.6 Å². The number of rotatable bonds is 4. The molecule has 1 fully saturated rings. The Morgan fingerprint density at radius 2 is 1.96 bits per heavy atom. The first-order chi connectivity index (χ1) is 11.2. The van der Waals surface area contributed by atoms with Crippen LogP contribution in [0, 0.1) is 0 Å². The van der Waals surface area contributed by atoms with Gasteiger partial charge in [0.15, 0.2) is 0 Å². The van der Waals surface area contributed by atoms with E-state index in [4.69, 9.17) is 11.6 Å². The van der Waals surface area contributed by atoms with E-state index < -0.39 is 0 Å². The zero-order chi connectivity index (χ0) is 16.1. The van der Waals surface area contributed by atoms with E-state index in [1.54, 1.807) is 18.3 Å². The van der Waals surface area contributed by atoms with Gasteiger partial charge in [0.2, 0.25) is 5.91 Å². The van der Waals surface area contributed by atoms with Gasteiger partial charge >= 0.3 is 0 Å². The summed E-state index contributed by atoms with van der Waals surface area (Å²) in [4.78, 5) is 20.9. The average Bonchev–Trinajstić information content (AvgIpc) is 2.56. The lowest BCUT2D eigenvalue weighted by molar-refractivity contribution is -0.117. The van der Waals surface area contributed by atoms with Crippen molar-refractivity contribution in [2.75, 3.05) is 42.9 Å². The summed E-state index contributed by atoms with van der Waals surface area (Å²) in [6.07, 6.45) is 1.81. The lowest BCUT2D eigenvalue weighted by atomic mass is 10.3. The quantitative estimate of drug-likeness (QED) is 0.935. The predicted octanol–water partition coefficient (Wildman–Crippen LogP) is 2.50. The highest BCUT2D eigenvalue weighted by Gasteiger charge is 2.19. The number of carbonyl (C=O) groups is 1. The number of nitrogens with zero attached hydrogens (tertiary/aromatic N) is 3. The van der Waals surface area contributed by atoms with Gasteiger partial charge in [-0.15, -0.1) is 0 Å². The van der Waals surface area contributed by atoms with Gasteiger partial charge in [-0.2, -0.15) is 0 Å². The number of carbonyl (C=O) groups excluding carboxylic acids is 1. The summed E-state index contributed by atoms with van der Waals surface area (Å²) in [6, 6.07) is 13.1. The van der Waals surface area contributed by atoms with E-state index >= 15 is 0 Å². The number of nitrogens with one attached hydrogen (secondary N) is 1. The Kier molecular flexibility index (Phi) is 5.10. The summed E-state index contributed by atoms with van der Waals surface area (Å²) >= 11 is 5.92. The molecule has 0 unspecified atom stereocenters. The van der Waals surface area contributed by atoms with Gasteiger partial charge in [-0.25, -0.2) is 4.98 Å². The Balaban J connectivity index is 1.48. The van der Waals surface area contributed by atoms with Gasteiger partial charge < -0.3 is 10.2 Å². The summed E-state index contributed by atoms with van der Waals surface area (Å²) in [5, 5.41) is 3.50. The second-order valence-corrected chi connectivity index (χ2v) is 5.95. The highest BCUT2D eigenvalue weighted by atomic mass is 35.5. The number of pyridine rings is 1. The molecule has 23 heavy (non-hydrogen) atoms. The number of benzene rings is 1. The Bertz CT molecular complexity index is 657. The maximum atomic E-state index is 12.1. The number of anilines is 2. The van der Waals surface area contributed by atoms with Gasteiger partial charge in [-0.05, 0) is 30.3 Å². The van der Waals surface area contributed by atoms with Crippen LogP contribution in [0.5, 0.6) is 0 Å². The molecule has 1 aromatic carbocycles. The molecular formula is C17H19ClN4O. The first-order valence-corrected chi connectivity index (χ1v) is 8.02. The summed E-state index contributed by atoms with van der Waals surface area (Å²) in [5.41, 5.74) is 0.731. The fraction of sp³-hybridized carbons (Fsp3) is 0.294. The molecule has 0 saturated carbocycles. The van der Waals surface area contributed by atoms with Crippen molar-refractivity contribution in [3.8, 4) is 0 Å². The largest absolute Gasteiger partial charge is 0.354 e. The number of halogens is 1. The van der Waals surface area contributed by atoms with Crippen molar-refractivity contribution < 1.29 is 4.79 Å². The van der Waals surface area contributed by atoms with Crippen molar-refractivity contribution in [2.45, 2.75) is 0 Å². The van der Waals surface area contributed by atoms with Crippen LogP contribution in [0.3, 0.4) is 0 Å². The molecule has 0 radical (unpaired) electrons. The third-order valence-corrected chi connectivity index (χ3v) is 4.06. The van der Waals surface area contributed by atoms with Gasteiger partial charge in [-0.3, -0.25) is 9.69 Å². The van der Waals surface area contributed by atoms with Crippen LogP contribution < -0.4 is 10.2 Å². The minimum absolute atomic E-state index is 0.0152. The number of hydrogen-bond donors (Lipinski definition) is 1. The average molecular weight is 331 g/mol. The lowest BCUT2D eigenvalue weighted by Gasteiger charge is -2.34. The van der Waals surface area contributed by atoms with Crippen molar-refractivity contribution >= 4 is 29.0 Å². The SMILES string of the molecule is O=C(CN1CCN(c2ccccn2)CC1)Nc1cccc(Cl)c1. The van der Waals surface area contributed by atoms with Gasteiger partial charge in [0, 0.05) is 43.1 Å².